The van der Waals surface area contributed by atoms with Crippen molar-refractivity contribution in [3.8, 4) is 5.75 Å². The van der Waals surface area contributed by atoms with Gasteiger partial charge in [-0.2, -0.15) is 0 Å². The van der Waals surface area contributed by atoms with Crippen molar-refractivity contribution in [3.63, 3.8) is 0 Å². The molecule has 2 N–H and O–H groups in total. The van der Waals surface area contributed by atoms with Gasteiger partial charge in [0, 0.05) is 12.4 Å². The second kappa shape index (κ2) is 7.21. The second-order valence-corrected chi connectivity index (χ2v) is 4.86. The largest absolute Gasteiger partial charge is 0.484 e. The van der Waals surface area contributed by atoms with Gasteiger partial charge >= 0.3 is 0 Å². The van der Waals surface area contributed by atoms with Crippen LogP contribution in [0.25, 0.3) is 0 Å². The van der Waals surface area contributed by atoms with Gasteiger partial charge in [-0.3, -0.25) is 25.4 Å². The molecule has 6 heteroatoms. The summed E-state index contributed by atoms with van der Waals surface area (Å²) in [6.07, 6.45) is 2.97. The van der Waals surface area contributed by atoms with E-state index in [0.29, 0.717) is 11.3 Å². The zero-order valence-corrected chi connectivity index (χ0v) is 12.4. The van der Waals surface area contributed by atoms with Crippen molar-refractivity contribution in [2.75, 3.05) is 6.61 Å². The van der Waals surface area contributed by atoms with Crippen LogP contribution in [0.1, 0.15) is 21.5 Å². The van der Waals surface area contributed by atoms with Gasteiger partial charge in [0.2, 0.25) is 0 Å². The molecule has 6 nitrogen and oxygen atoms in total. The average Bonchev–Trinajstić information content (AvgIpc) is 2.50. The van der Waals surface area contributed by atoms with Crippen molar-refractivity contribution < 1.29 is 14.3 Å². The molecule has 22 heavy (non-hydrogen) atoms. The van der Waals surface area contributed by atoms with Crippen molar-refractivity contribution in [2.45, 2.75) is 13.8 Å². The second-order valence-electron chi connectivity index (χ2n) is 4.86. The summed E-state index contributed by atoms with van der Waals surface area (Å²) in [7, 11) is 0. The fourth-order valence-electron chi connectivity index (χ4n) is 1.90. The van der Waals surface area contributed by atoms with E-state index in [9.17, 15) is 9.59 Å². The third kappa shape index (κ3) is 4.59. The number of hydrogen-bond acceptors (Lipinski definition) is 4. The first-order valence-electron chi connectivity index (χ1n) is 6.75. The Balaban J connectivity index is 1.80. The third-order valence-electron chi connectivity index (χ3n) is 2.80. The van der Waals surface area contributed by atoms with E-state index in [1.54, 1.807) is 18.3 Å². The van der Waals surface area contributed by atoms with Crippen molar-refractivity contribution in [2.24, 2.45) is 0 Å². The summed E-state index contributed by atoms with van der Waals surface area (Å²) in [5, 5.41) is 0. The van der Waals surface area contributed by atoms with Crippen molar-refractivity contribution in [1.29, 1.82) is 0 Å². The lowest BCUT2D eigenvalue weighted by Gasteiger charge is -2.09. The molecule has 0 fully saturated rings. The summed E-state index contributed by atoms with van der Waals surface area (Å²) < 4.78 is 5.39. The van der Waals surface area contributed by atoms with Gasteiger partial charge in [0.1, 0.15) is 5.75 Å². The van der Waals surface area contributed by atoms with Gasteiger partial charge in [-0.25, -0.2) is 0 Å². The minimum Gasteiger partial charge on any atom is -0.484 e. The van der Waals surface area contributed by atoms with Crippen LogP contribution < -0.4 is 15.6 Å². The predicted octanol–water partition coefficient (Wildman–Crippen LogP) is 1.54. The molecule has 0 saturated heterocycles. The lowest BCUT2D eigenvalue weighted by atomic mass is 10.1. The van der Waals surface area contributed by atoms with Crippen LogP contribution in [0.5, 0.6) is 5.75 Å². The maximum atomic E-state index is 11.7. The summed E-state index contributed by atoms with van der Waals surface area (Å²) in [4.78, 5) is 27.2. The van der Waals surface area contributed by atoms with E-state index in [-0.39, 0.29) is 6.61 Å². The normalized spacial score (nSPS) is 9.91. The molecule has 0 aliphatic rings. The molecule has 2 rings (SSSR count). The summed E-state index contributed by atoms with van der Waals surface area (Å²) in [5.41, 5.74) is 7.06. The number of nitrogens with one attached hydrogen (secondary N) is 2. The highest BCUT2D eigenvalue weighted by Crippen LogP contribution is 2.15. The number of benzene rings is 1. The molecule has 0 bridgehead atoms. The van der Waals surface area contributed by atoms with E-state index < -0.39 is 11.8 Å². The van der Waals surface area contributed by atoms with Gasteiger partial charge in [0.15, 0.2) is 6.61 Å². The number of ether oxygens (including phenoxy) is 1. The molecule has 2 aromatic rings. The molecule has 1 heterocycles. The summed E-state index contributed by atoms with van der Waals surface area (Å²) >= 11 is 0. The van der Waals surface area contributed by atoms with Crippen LogP contribution >= 0.6 is 0 Å². The van der Waals surface area contributed by atoms with Gasteiger partial charge in [-0.05, 0) is 49.2 Å². The number of amides is 2. The van der Waals surface area contributed by atoms with Gasteiger partial charge in [0.25, 0.3) is 11.8 Å². The number of aryl methyl sites for hydroxylation is 2. The SMILES string of the molecule is Cc1cc(C)cc(OCC(=O)NNC(=O)c2cccnc2)c1. The van der Waals surface area contributed by atoms with Crippen LogP contribution in [-0.4, -0.2) is 23.4 Å². The molecule has 0 aliphatic heterocycles. The number of hydrogen-bond donors (Lipinski definition) is 2. The maximum absolute atomic E-state index is 11.7. The van der Waals surface area contributed by atoms with Crippen molar-refractivity contribution in [1.82, 2.24) is 15.8 Å². The first-order chi connectivity index (χ1) is 10.5. The van der Waals surface area contributed by atoms with E-state index >= 15 is 0 Å². The number of rotatable bonds is 4. The molecule has 0 spiro atoms. The van der Waals surface area contributed by atoms with Gasteiger partial charge in [-0.1, -0.05) is 6.07 Å². The third-order valence-corrected chi connectivity index (χ3v) is 2.80. The Bertz CT molecular complexity index is 651. The van der Waals surface area contributed by atoms with Crippen LogP contribution in [0, 0.1) is 13.8 Å². The summed E-state index contributed by atoms with van der Waals surface area (Å²) in [5.74, 6) is -0.268. The Labute approximate surface area is 128 Å². The van der Waals surface area contributed by atoms with E-state index in [0.717, 1.165) is 11.1 Å². The Hall–Kier alpha value is -2.89. The Kier molecular flexibility index (Phi) is 5.08. The fraction of sp³-hybridized carbons (Fsp3) is 0.188. The number of aromatic nitrogens is 1. The molecule has 0 atom stereocenters. The van der Waals surface area contributed by atoms with E-state index in [1.165, 1.54) is 6.20 Å². The number of hydrazine groups is 1. The Morgan fingerprint density at radius 2 is 1.86 bits per heavy atom. The highest BCUT2D eigenvalue weighted by Gasteiger charge is 2.08. The summed E-state index contributed by atoms with van der Waals surface area (Å²) in [6.45, 7) is 3.72. The zero-order chi connectivity index (χ0) is 15.9. The van der Waals surface area contributed by atoms with Crippen LogP contribution in [-0.2, 0) is 4.79 Å². The van der Waals surface area contributed by atoms with E-state index in [4.69, 9.17) is 4.74 Å². The fourth-order valence-corrected chi connectivity index (χ4v) is 1.90. The number of nitrogens with zero attached hydrogens (tertiary/aromatic N) is 1. The Morgan fingerprint density at radius 1 is 1.14 bits per heavy atom. The lowest BCUT2D eigenvalue weighted by Crippen LogP contribution is -2.43. The Morgan fingerprint density at radius 3 is 2.50 bits per heavy atom. The molecular weight excluding hydrogens is 282 g/mol. The number of carbonyl (C=O) groups is 2. The van der Waals surface area contributed by atoms with Crippen LogP contribution in [0.2, 0.25) is 0 Å². The minimum atomic E-state index is -0.448. The monoisotopic (exact) mass is 299 g/mol. The molecule has 2 amide bonds. The molecule has 114 valence electrons. The van der Waals surface area contributed by atoms with E-state index in [2.05, 4.69) is 15.8 Å². The minimum absolute atomic E-state index is 0.184. The van der Waals surface area contributed by atoms with Crippen LogP contribution in [0.15, 0.2) is 42.7 Å². The molecule has 0 unspecified atom stereocenters. The molecule has 0 aliphatic carbocycles. The number of carbonyl (C=O) groups excluding carboxylic acids is 2. The first-order valence-corrected chi connectivity index (χ1v) is 6.75. The topological polar surface area (TPSA) is 80.3 Å². The van der Waals surface area contributed by atoms with Gasteiger partial charge in [0.05, 0.1) is 5.56 Å². The summed E-state index contributed by atoms with van der Waals surface area (Å²) in [6, 6.07) is 8.93. The molecular formula is C16H17N3O3. The van der Waals surface area contributed by atoms with Gasteiger partial charge in [-0.15, -0.1) is 0 Å². The molecule has 0 radical (unpaired) electrons. The van der Waals surface area contributed by atoms with Crippen LogP contribution in [0.4, 0.5) is 0 Å². The van der Waals surface area contributed by atoms with Crippen molar-refractivity contribution >= 4 is 11.8 Å². The standard InChI is InChI=1S/C16H17N3O3/c1-11-6-12(2)8-14(7-11)22-10-15(20)18-19-16(21)13-4-3-5-17-9-13/h3-9H,10H2,1-2H3,(H,18,20)(H,19,21). The predicted molar refractivity (Wildman–Crippen MR) is 81.3 cm³/mol. The zero-order valence-electron chi connectivity index (χ0n) is 12.4. The quantitative estimate of drug-likeness (QED) is 0.839. The van der Waals surface area contributed by atoms with E-state index in [1.807, 2.05) is 32.0 Å². The van der Waals surface area contributed by atoms with Crippen molar-refractivity contribution in [3.05, 3.63) is 59.4 Å². The van der Waals surface area contributed by atoms with Crippen LogP contribution in [0.3, 0.4) is 0 Å². The molecule has 1 aromatic carbocycles. The lowest BCUT2D eigenvalue weighted by molar-refractivity contribution is -0.123. The first kappa shape index (κ1) is 15.5. The maximum Gasteiger partial charge on any atom is 0.276 e. The van der Waals surface area contributed by atoms with Gasteiger partial charge < -0.3 is 4.74 Å². The number of pyridine rings is 1. The molecule has 0 saturated carbocycles. The highest BCUT2D eigenvalue weighted by atomic mass is 16.5. The molecule has 1 aromatic heterocycles. The highest BCUT2D eigenvalue weighted by molar-refractivity contribution is 5.95. The average molecular weight is 299 g/mol. The smallest absolute Gasteiger partial charge is 0.276 e.